The summed E-state index contributed by atoms with van der Waals surface area (Å²) in [6.45, 7) is 3.23. The summed E-state index contributed by atoms with van der Waals surface area (Å²) in [6.07, 6.45) is 7.03. The van der Waals surface area contributed by atoms with Gasteiger partial charge in [-0.2, -0.15) is 0 Å². The summed E-state index contributed by atoms with van der Waals surface area (Å²) in [5, 5.41) is 3.12. The number of nitrogens with zero attached hydrogens (tertiary/aromatic N) is 2. The molecule has 0 bridgehead atoms. The molecule has 37 heavy (non-hydrogen) atoms. The Bertz CT molecular complexity index is 1110. The number of carbonyl (C=O) groups excluding carboxylic acids is 2. The van der Waals surface area contributed by atoms with Crippen LogP contribution < -0.4 is 10.2 Å². The Morgan fingerprint density at radius 1 is 0.757 bits per heavy atom. The highest BCUT2D eigenvalue weighted by Crippen LogP contribution is 2.29. The third kappa shape index (κ3) is 6.40. The second-order valence-corrected chi connectivity index (χ2v) is 10.3. The van der Waals surface area contributed by atoms with Crippen molar-refractivity contribution in [3.63, 3.8) is 0 Å². The molecular formula is C32H37N3O2. The zero-order valence-electron chi connectivity index (χ0n) is 21.5. The molecule has 0 spiro atoms. The van der Waals surface area contributed by atoms with Gasteiger partial charge in [0.05, 0.1) is 5.92 Å². The van der Waals surface area contributed by atoms with Gasteiger partial charge in [0, 0.05) is 44.0 Å². The third-order valence-electron chi connectivity index (χ3n) is 7.90. The molecule has 3 aromatic rings. The van der Waals surface area contributed by atoms with Crippen molar-refractivity contribution in [3.8, 4) is 0 Å². The fourth-order valence-electron chi connectivity index (χ4n) is 5.75. The molecule has 0 aromatic heterocycles. The Balaban J connectivity index is 1.16. The molecule has 1 aliphatic heterocycles. The van der Waals surface area contributed by atoms with Crippen LogP contribution in [0.4, 0.5) is 11.4 Å². The van der Waals surface area contributed by atoms with E-state index in [-0.39, 0.29) is 11.8 Å². The highest BCUT2D eigenvalue weighted by Gasteiger charge is 2.24. The van der Waals surface area contributed by atoms with E-state index < -0.39 is 0 Å². The molecule has 2 amide bonds. The number of carbonyl (C=O) groups is 2. The van der Waals surface area contributed by atoms with Crippen LogP contribution in [0.15, 0.2) is 84.9 Å². The van der Waals surface area contributed by atoms with E-state index in [0.29, 0.717) is 12.3 Å². The van der Waals surface area contributed by atoms with E-state index in [1.807, 2.05) is 77.7 Å². The first-order chi connectivity index (χ1) is 18.2. The molecule has 5 rings (SSSR count). The quantitative estimate of drug-likeness (QED) is 0.412. The molecule has 2 fully saturated rings. The lowest BCUT2D eigenvalue weighted by Gasteiger charge is -2.36. The van der Waals surface area contributed by atoms with Crippen LogP contribution in [0.1, 0.15) is 55.6 Å². The normalized spacial score (nSPS) is 16.2. The summed E-state index contributed by atoms with van der Waals surface area (Å²) in [7, 11) is 0. The van der Waals surface area contributed by atoms with Gasteiger partial charge in [-0.25, -0.2) is 0 Å². The van der Waals surface area contributed by atoms with Gasteiger partial charge >= 0.3 is 0 Å². The summed E-state index contributed by atoms with van der Waals surface area (Å²) in [5.74, 6) is 0.659. The molecular weight excluding hydrogens is 458 g/mol. The minimum absolute atomic E-state index is 0.0464. The molecule has 5 nitrogen and oxygen atoms in total. The van der Waals surface area contributed by atoms with E-state index in [2.05, 4.69) is 22.3 Å². The van der Waals surface area contributed by atoms with E-state index in [4.69, 9.17) is 0 Å². The van der Waals surface area contributed by atoms with Gasteiger partial charge in [-0.15, -0.1) is 0 Å². The molecule has 1 saturated heterocycles. The molecule has 1 saturated carbocycles. The average molecular weight is 496 g/mol. The smallest absolute Gasteiger partial charge is 0.236 e. The molecule has 1 heterocycles. The van der Waals surface area contributed by atoms with E-state index in [1.165, 1.54) is 25.7 Å². The van der Waals surface area contributed by atoms with E-state index in [0.717, 1.165) is 61.0 Å². The van der Waals surface area contributed by atoms with Crippen molar-refractivity contribution in [2.45, 2.75) is 44.4 Å². The summed E-state index contributed by atoms with van der Waals surface area (Å²) in [6, 6.07) is 27.9. The topological polar surface area (TPSA) is 52.7 Å². The largest absolute Gasteiger partial charge is 0.368 e. The highest BCUT2D eigenvalue weighted by molar-refractivity contribution is 5.98. The van der Waals surface area contributed by atoms with Gasteiger partial charge < -0.3 is 15.1 Å². The van der Waals surface area contributed by atoms with Crippen molar-refractivity contribution in [1.29, 1.82) is 0 Å². The maximum absolute atomic E-state index is 13.4. The van der Waals surface area contributed by atoms with Crippen LogP contribution in [0.2, 0.25) is 0 Å². The van der Waals surface area contributed by atoms with Crippen molar-refractivity contribution in [2.75, 3.05) is 36.4 Å². The third-order valence-corrected chi connectivity index (χ3v) is 7.90. The number of hydrogen-bond acceptors (Lipinski definition) is 3. The maximum atomic E-state index is 13.4. The van der Waals surface area contributed by atoms with Crippen LogP contribution in [-0.4, -0.2) is 42.9 Å². The van der Waals surface area contributed by atoms with Gasteiger partial charge in [-0.3, -0.25) is 9.59 Å². The SMILES string of the molecule is O=C(Nc1ccc(N2CCN(C(=O)CCC3CCCC3)CC2)cc1)C(c1ccccc1)c1ccccc1. The molecule has 5 heteroatoms. The van der Waals surface area contributed by atoms with Gasteiger partial charge in [0.1, 0.15) is 0 Å². The van der Waals surface area contributed by atoms with Gasteiger partial charge in [-0.1, -0.05) is 86.3 Å². The summed E-state index contributed by atoms with van der Waals surface area (Å²) < 4.78 is 0. The van der Waals surface area contributed by atoms with E-state index in [9.17, 15) is 9.59 Å². The molecule has 192 valence electrons. The standard InChI is InChI=1S/C32H37N3O2/c36-30(20-15-25-9-7-8-10-25)35-23-21-34(22-24-35)29-18-16-28(17-19-29)33-32(37)31(26-11-3-1-4-12-26)27-13-5-2-6-14-27/h1-6,11-14,16-19,25,31H,7-10,15,20-24H2,(H,33,37). The van der Waals surface area contributed by atoms with E-state index >= 15 is 0 Å². The minimum Gasteiger partial charge on any atom is -0.368 e. The molecule has 1 N–H and O–H groups in total. The highest BCUT2D eigenvalue weighted by atomic mass is 16.2. The first-order valence-electron chi connectivity index (χ1n) is 13.7. The number of nitrogens with one attached hydrogen (secondary N) is 1. The Labute approximate surface area is 220 Å². The Kier molecular flexibility index (Phi) is 8.19. The second kappa shape index (κ2) is 12.1. The van der Waals surface area contributed by atoms with Crippen LogP contribution in [0.5, 0.6) is 0 Å². The molecule has 0 unspecified atom stereocenters. The number of benzene rings is 3. The van der Waals surface area contributed by atoms with Gasteiger partial charge in [0.2, 0.25) is 11.8 Å². The van der Waals surface area contributed by atoms with E-state index in [1.54, 1.807) is 0 Å². The molecule has 0 atom stereocenters. The van der Waals surface area contributed by atoms with Crippen LogP contribution in [-0.2, 0) is 9.59 Å². The predicted molar refractivity (Wildman–Crippen MR) is 150 cm³/mol. The number of anilines is 2. The lowest BCUT2D eigenvalue weighted by Crippen LogP contribution is -2.48. The molecule has 0 radical (unpaired) electrons. The van der Waals surface area contributed by atoms with Crippen molar-refractivity contribution >= 4 is 23.2 Å². The van der Waals surface area contributed by atoms with Crippen molar-refractivity contribution in [2.24, 2.45) is 5.92 Å². The lowest BCUT2D eigenvalue weighted by molar-refractivity contribution is -0.131. The van der Waals surface area contributed by atoms with Crippen LogP contribution >= 0.6 is 0 Å². The van der Waals surface area contributed by atoms with Crippen molar-refractivity contribution in [1.82, 2.24) is 4.90 Å². The van der Waals surface area contributed by atoms with Crippen molar-refractivity contribution in [3.05, 3.63) is 96.1 Å². The summed E-state index contributed by atoms with van der Waals surface area (Å²) >= 11 is 0. The van der Waals surface area contributed by atoms with Gasteiger partial charge in [0.25, 0.3) is 0 Å². The monoisotopic (exact) mass is 495 g/mol. The average Bonchev–Trinajstić information content (AvgIpc) is 3.47. The Morgan fingerprint density at radius 2 is 1.32 bits per heavy atom. The number of amides is 2. The fraction of sp³-hybridized carbons (Fsp3) is 0.375. The number of hydrogen-bond donors (Lipinski definition) is 1. The second-order valence-electron chi connectivity index (χ2n) is 10.3. The molecule has 2 aliphatic rings. The minimum atomic E-state index is -0.374. The molecule has 3 aromatic carbocycles. The first kappa shape index (κ1) is 25.1. The fourth-order valence-corrected chi connectivity index (χ4v) is 5.75. The van der Waals surface area contributed by atoms with Crippen molar-refractivity contribution < 1.29 is 9.59 Å². The van der Waals surface area contributed by atoms with Crippen LogP contribution in [0.3, 0.4) is 0 Å². The maximum Gasteiger partial charge on any atom is 0.236 e. The summed E-state index contributed by atoms with van der Waals surface area (Å²) in [4.78, 5) is 30.4. The lowest BCUT2D eigenvalue weighted by atomic mass is 9.90. The van der Waals surface area contributed by atoms with Crippen LogP contribution in [0, 0.1) is 5.92 Å². The van der Waals surface area contributed by atoms with Crippen LogP contribution in [0.25, 0.3) is 0 Å². The van der Waals surface area contributed by atoms with Gasteiger partial charge in [0.15, 0.2) is 0 Å². The molecule has 1 aliphatic carbocycles. The zero-order valence-corrected chi connectivity index (χ0v) is 21.5. The Morgan fingerprint density at radius 3 is 1.89 bits per heavy atom. The first-order valence-corrected chi connectivity index (χ1v) is 13.7. The number of piperazine rings is 1. The summed E-state index contributed by atoms with van der Waals surface area (Å²) in [5.41, 5.74) is 3.85. The predicted octanol–water partition coefficient (Wildman–Crippen LogP) is 6.08. The Hall–Kier alpha value is -3.60. The van der Waals surface area contributed by atoms with Gasteiger partial charge in [-0.05, 0) is 47.7 Å². The zero-order chi connectivity index (χ0) is 25.5. The number of rotatable bonds is 8.